The van der Waals surface area contributed by atoms with E-state index in [0.717, 1.165) is 43.7 Å². The van der Waals surface area contributed by atoms with Crippen LogP contribution in [-0.4, -0.2) is 89.4 Å². The van der Waals surface area contributed by atoms with Crippen LogP contribution in [0.5, 0.6) is 0 Å². The Labute approximate surface area is 320 Å². The van der Waals surface area contributed by atoms with Crippen molar-refractivity contribution >= 4 is 23.8 Å². The first kappa shape index (κ1) is 45.1. The molecule has 0 spiro atoms. The predicted molar refractivity (Wildman–Crippen MR) is 197 cm³/mol. The van der Waals surface area contributed by atoms with Crippen molar-refractivity contribution in [3.63, 3.8) is 0 Å². The monoisotopic (exact) mass is 778 g/mol. The summed E-state index contributed by atoms with van der Waals surface area (Å²) in [6.45, 7) is 5.28. The number of hydrogen-bond acceptors (Lipinski definition) is 13. The van der Waals surface area contributed by atoms with Crippen molar-refractivity contribution in [3.05, 3.63) is 43.5 Å². The zero-order valence-electron chi connectivity index (χ0n) is 32.5. The van der Waals surface area contributed by atoms with Gasteiger partial charge in [-0.3, -0.25) is 33.5 Å². The van der Waals surface area contributed by atoms with Crippen LogP contribution in [0.25, 0.3) is 10.4 Å². The molecule has 2 N–H and O–H groups in total. The number of amides is 1. The molecule has 2 aliphatic heterocycles. The number of carbonyl (C=O) groups is 4. The third-order valence-corrected chi connectivity index (χ3v) is 9.47. The Bertz CT molecular complexity index is 1540. The average molecular weight is 779 g/mol. The fourth-order valence-corrected chi connectivity index (χ4v) is 6.86. The van der Waals surface area contributed by atoms with Crippen molar-refractivity contribution in [1.29, 1.82) is 0 Å². The topological polar surface area (TPSA) is 239 Å². The van der Waals surface area contributed by atoms with E-state index in [0.29, 0.717) is 6.42 Å². The zero-order chi connectivity index (χ0) is 40.2. The molecule has 2 fully saturated rings. The Hall–Kier alpha value is -4.25. The predicted octanol–water partition coefficient (Wildman–Crippen LogP) is 4.64. The minimum atomic E-state index is -1.40. The Morgan fingerprint density at radius 1 is 0.891 bits per heavy atom. The summed E-state index contributed by atoms with van der Waals surface area (Å²) in [6.07, 6.45) is 7.46. The maximum absolute atomic E-state index is 13.1. The average Bonchev–Trinajstić information content (AvgIpc) is 3.66. The van der Waals surface area contributed by atoms with Crippen LogP contribution < -0.4 is 16.6 Å². The van der Waals surface area contributed by atoms with Gasteiger partial charge in [-0.1, -0.05) is 89.1 Å². The summed E-state index contributed by atoms with van der Waals surface area (Å²) in [7, 11) is 0. The van der Waals surface area contributed by atoms with Gasteiger partial charge in [0.05, 0.1) is 12.6 Å². The van der Waals surface area contributed by atoms with E-state index in [2.05, 4.69) is 27.3 Å². The van der Waals surface area contributed by atoms with Crippen LogP contribution in [0, 0.1) is 0 Å². The fraction of sp³-hybridized carbons (Fsp3) is 0.784. The number of H-pyrrole nitrogens is 1. The van der Waals surface area contributed by atoms with E-state index in [1.54, 1.807) is 0 Å². The van der Waals surface area contributed by atoms with Crippen molar-refractivity contribution < 1.29 is 47.6 Å². The number of carbonyl (C=O) groups excluding carboxylic acids is 4. The summed E-state index contributed by atoms with van der Waals surface area (Å²) in [5, 5.41) is 6.39. The molecule has 55 heavy (non-hydrogen) atoms. The summed E-state index contributed by atoms with van der Waals surface area (Å²) < 4.78 is 36.0. The first-order valence-corrected chi connectivity index (χ1v) is 19.5. The molecule has 0 radical (unpaired) electrons. The second kappa shape index (κ2) is 24.3. The Kier molecular flexibility index (Phi) is 19.9. The maximum atomic E-state index is 13.1. The highest BCUT2D eigenvalue weighted by Crippen LogP contribution is 2.36. The molecule has 2 aliphatic rings. The molecule has 1 aromatic rings. The molecule has 3 heterocycles. The highest BCUT2D eigenvalue weighted by atomic mass is 16.7. The molecular weight excluding hydrogens is 720 g/mol. The molecule has 1 aromatic heterocycles. The van der Waals surface area contributed by atoms with Crippen molar-refractivity contribution in [2.75, 3.05) is 13.1 Å². The van der Waals surface area contributed by atoms with Gasteiger partial charge >= 0.3 is 23.6 Å². The molecular formula is C37H58N6O12. The smallest absolute Gasteiger partial charge is 0.330 e. The van der Waals surface area contributed by atoms with Crippen LogP contribution in [0.15, 0.2) is 27.0 Å². The number of nitrogens with zero attached hydrogens (tertiary/aromatic N) is 4. The van der Waals surface area contributed by atoms with Gasteiger partial charge in [0.2, 0.25) is 5.91 Å². The largest absolute Gasteiger partial charge is 0.458 e. The normalized spacial score (nSPS) is 23.7. The second-order valence-electron chi connectivity index (χ2n) is 14.0. The highest BCUT2D eigenvalue weighted by Gasteiger charge is 2.52. The lowest BCUT2D eigenvalue weighted by molar-refractivity contribution is -0.220. The lowest BCUT2D eigenvalue weighted by atomic mass is 10.0. The van der Waals surface area contributed by atoms with Gasteiger partial charge in [-0.15, -0.1) is 0 Å². The quantitative estimate of drug-likeness (QED) is 0.0345. The van der Waals surface area contributed by atoms with Crippen LogP contribution in [0.3, 0.4) is 0 Å². The van der Waals surface area contributed by atoms with Gasteiger partial charge in [0.1, 0.15) is 18.3 Å². The lowest BCUT2D eigenvalue weighted by Crippen LogP contribution is -2.47. The van der Waals surface area contributed by atoms with Gasteiger partial charge in [-0.05, 0) is 12.0 Å². The van der Waals surface area contributed by atoms with E-state index >= 15 is 0 Å². The van der Waals surface area contributed by atoms with E-state index in [-0.39, 0.29) is 31.8 Å². The number of aromatic nitrogens is 2. The van der Waals surface area contributed by atoms with Crippen molar-refractivity contribution in [1.82, 2.24) is 14.9 Å². The first-order valence-electron chi connectivity index (χ1n) is 19.5. The fourth-order valence-electron chi connectivity index (χ4n) is 6.86. The molecule has 1 amide bonds. The summed E-state index contributed by atoms with van der Waals surface area (Å²) in [5.74, 6) is -2.36. The number of nitrogens with one attached hydrogen (secondary N) is 2. The number of unbranched alkanes of at least 4 members (excludes halogenated alkanes) is 12. The Morgan fingerprint density at radius 2 is 1.47 bits per heavy atom. The van der Waals surface area contributed by atoms with Gasteiger partial charge in [0, 0.05) is 57.3 Å². The van der Waals surface area contributed by atoms with Crippen LogP contribution >= 0.6 is 0 Å². The van der Waals surface area contributed by atoms with Crippen LogP contribution in [0.2, 0.25) is 0 Å². The van der Waals surface area contributed by atoms with Gasteiger partial charge in [-0.2, -0.15) is 0 Å². The second-order valence-corrected chi connectivity index (χ2v) is 14.0. The summed E-state index contributed by atoms with van der Waals surface area (Å²) in [6, 6.07) is 1.11. The van der Waals surface area contributed by atoms with Crippen molar-refractivity contribution in [3.8, 4) is 0 Å². The van der Waals surface area contributed by atoms with Crippen molar-refractivity contribution in [2.24, 2.45) is 5.11 Å². The summed E-state index contributed by atoms with van der Waals surface area (Å²) in [5.41, 5.74) is 7.49. The number of ether oxygens (including phenoxy) is 6. The van der Waals surface area contributed by atoms with E-state index in [9.17, 15) is 28.8 Å². The minimum absolute atomic E-state index is 0.0182. The highest BCUT2D eigenvalue weighted by molar-refractivity contribution is 5.75. The molecule has 0 aliphatic carbocycles. The van der Waals surface area contributed by atoms with Gasteiger partial charge in [-0.25, -0.2) is 4.79 Å². The van der Waals surface area contributed by atoms with E-state index in [1.165, 1.54) is 70.9 Å². The zero-order valence-corrected chi connectivity index (χ0v) is 32.5. The first-order chi connectivity index (χ1) is 26.4. The third-order valence-electron chi connectivity index (χ3n) is 9.47. The van der Waals surface area contributed by atoms with Gasteiger partial charge < -0.3 is 33.7 Å². The molecule has 0 saturated carbocycles. The molecule has 18 heteroatoms. The Balaban J connectivity index is 1.70. The van der Waals surface area contributed by atoms with Gasteiger partial charge in [0.25, 0.3) is 5.56 Å². The number of esters is 3. The third kappa shape index (κ3) is 15.8. The molecule has 0 bridgehead atoms. The van der Waals surface area contributed by atoms with E-state index in [1.807, 2.05) is 0 Å². The van der Waals surface area contributed by atoms with Crippen molar-refractivity contribution in [2.45, 2.75) is 173 Å². The van der Waals surface area contributed by atoms with Crippen LogP contribution in [0.1, 0.15) is 130 Å². The Morgan fingerprint density at radius 3 is 2.04 bits per heavy atom. The SMILES string of the molecule is CCCCCCCCCCCCCCCC(=O)NC[C@@H](O[C@@H]1O[C@H](CN=[N+]=[N-])[C@@H](OC(C)=O)[C@H]1OC(C)=O)[C@@H]1C[C@@H](OC(C)=O)[C@H](n2ccc(=O)[nH]c2=O)O1. The standard InChI is InChI=1S/C37H58N6O12/c1-5-6-7-8-9-10-11-12-13-14-15-16-17-18-31(47)39-22-29(27-21-28(50-24(2)44)35(53-27)43-20-19-32(48)41-37(43)49)54-36-34(52-26(4)46)33(51-25(3)45)30(55-36)23-40-42-38/h19-20,27-30,33-36H,5-18,21-23H2,1-4H3,(H,39,47)(H,41,48,49)/t27-,28+,29+,30+,33+,34+,35+,36+/m0/s1. The number of azide groups is 1. The molecule has 3 rings (SSSR count). The lowest BCUT2D eigenvalue weighted by Gasteiger charge is -2.29. The molecule has 18 nitrogen and oxygen atoms in total. The summed E-state index contributed by atoms with van der Waals surface area (Å²) in [4.78, 5) is 78.8. The number of rotatable bonds is 25. The van der Waals surface area contributed by atoms with E-state index in [4.69, 9.17) is 34.0 Å². The molecule has 8 atom stereocenters. The van der Waals surface area contributed by atoms with E-state index < -0.39 is 78.3 Å². The maximum Gasteiger partial charge on any atom is 0.330 e. The van der Waals surface area contributed by atoms with Gasteiger partial charge in [0.15, 0.2) is 24.7 Å². The number of aromatic amines is 1. The van der Waals surface area contributed by atoms with Crippen LogP contribution in [0.4, 0.5) is 0 Å². The minimum Gasteiger partial charge on any atom is -0.458 e. The summed E-state index contributed by atoms with van der Waals surface area (Å²) >= 11 is 0. The molecule has 2 saturated heterocycles. The molecule has 0 unspecified atom stereocenters. The number of hydrogen-bond donors (Lipinski definition) is 2. The molecule has 0 aromatic carbocycles. The van der Waals surface area contributed by atoms with Crippen LogP contribution in [-0.2, 0) is 47.6 Å². The molecule has 308 valence electrons.